The van der Waals surface area contributed by atoms with Crippen LogP contribution in [0, 0.1) is 11.8 Å². The van der Waals surface area contributed by atoms with Crippen molar-refractivity contribution >= 4 is 44.3 Å². The highest BCUT2D eigenvalue weighted by molar-refractivity contribution is 6.08. The average molecular weight is 589 g/mol. The Balaban J connectivity index is 1.04. The zero-order valence-corrected chi connectivity index (χ0v) is 25.8. The summed E-state index contributed by atoms with van der Waals surface area (Å²) in [6, 6.07) is 21.5. The van der Waals surface area contributed by atoms with Crippen LogP contribution in [0.1, 0.15) is 88.2 Å². The molecule has 2 aliphatic heterocycles. The Morgan fingerprint density at radius 1 is 0.523 bits per heavy atom. The minimum Gasteiger partial charge on any atom is -0.392 e. The van der Waals surface area contributed by atoms with E-state index in [1.165, 1.54) is 36.5 Å². The summed E-state index contributed by atoms with van der Waals surface area (Å²) in [5.41, 5.74) is 6.48. The van der Waals surface area contributed by atoms with Crippen molar-refractivity contribution in [2.45, 2.75) is 101 Å². The van der Waals surface area contributed by atoms with Gasteiger partial charge in [0.05, 0.1) is 12.2 Å². The lowest BCUT2D eigenvalue weighted by atomic mass is 9.62. The Morgan fingerprint density at radius 2 is 0.886 bits per heavy atom. The standard InChI is InChI=1S/C38H44N4O2/c1-21-13-17-37(18-14-21)39-27-7-3-5-23-25(9-11-29(41-37)31(23)27)33-35(43)34(36(33)44)26-10-12-30-32-24(26)6-4-8-28(32)40-38(42-30)19-15-22(2)16-20-38/h3-12,21-22,33-36,39-44H,13-20H2,1-2H3. The van der Waals surface area contributed by atoms with Crippen molar-refractivity contribution in [2.75, 3.05) is 21.3 Å². The van der Waals surface area contributed by atoms with Crippen LogP contribution >= 0.6 is 0 Å². The summed E-state index contributed by atoms with van der Waals surface area (Å²) in [6.45, 7) is 4.70. The fraction of sp³-hybridized carbons (Fsp3) is 0.474. The summed E-state index contributed by atoms with van der Waals surface area (Å²) in [4.78, 5) is 0. The molecule has 0 unspecified atom stereocenters. The van der Waals surface area contributed by atoms with Crippen molar-refractivity contribution in [3.05, 3.63) is 71.8 Å². The van der Waals surface area contributed by atoms with E-state index in [9.17, 15) is 10.2 Å². The first-order valence-electron chi connectivity index (χ1n) is 16.9. The summed E-state index contributed by atoms with van der Waals surface area (Å²) >= 11 is 0. The van der Waals surface area contributed by atoms with Crippen molar-refractivity contribution < 1.29 is 10.2 Å². The van der Waals surface area contributed by atoms with Gasteiger partial charge in [-0.15, -0.1) is 0 Å². The van der Waals surface area contributed by atoms with E-state index in [4.69, 9.17) is 0 Å². The predicted octanol–water partition coefficient (Wildman–Crippen LogP) is 8.08. The molecule has 3 saturated carbocycles. The summed E-state index contributed by atoms with van der Waals surface area (Å²) < 4.78 is 0. The van der Waals surface area contributed by atoms with Crippen molar-refractivity contribution in [3.8, 4) is 0 Å². The molecule has 0 atom stereocenters. The molecule has 6 nitrogen and oxygen atoms in total. The first kappa shape index (κ1) is 26.9. The van der Waals surface area contributed by atoms with Gasteiger partial charge in [0, 0.05) is 45.4 Å². The maximum atomic E-state index is 11.8. The van der Waals surface area contributed by atoms with Crippen LogP contribution in [0.15, 0.2) is 60.7 Å². The number of hydrogen-bond donors (Lipinski definition) is 6. The Hall–Kier alpha value is -3.48. The lowest BCUT2D eigenvalue weighted by molar-refractivity contribution is -0.0775. The topological polar surface area (TPSA) is 88.6 Å². The summed E-state index contributed by atoms with van der Waals surface area (Å²) in [7, 11) is 0. The predicted molar refractivity (Wildman–Crippen MR) is 181 cm³/mol. The molecule has 0 radical (unpaired) electrons. The molecule has 4 aromatic carbocycles. The van der Waals surface area contributed by atoms with Gasteiger partial charge in [-0.2, -0.15) is 0 Å². The molecule has 3 fully saturated rings. The van der Waals surface area contributed by atoms with Crippen LogP contribution in [0.2, 0.25) is 0 Å². The molecule has 44 heavy (non-hydrogen) atoms. The van der Waals surface area contributed by atoms with Gasteiger partial charge in [0.15, 0.2) is 0 Å². The number of aliphatic hydroxyl groups is 2. The van der Waals surface area contributed by atoms with Crippen LogP contribution in [0.25, 0.3) is 21.5 Å². The van der Waals surface area contributed by atoms with Gasteiger partial charge in [0.1, 0.15) is 11.3 Å². The average Bonchev–Trinajstić information content (AvgIpc) is 3.03. The molecule has 228 valence electrons. The molecule has 6 heteroatoms. The van der Waals surface area contributed by atoms with E-state index in [2.05, 4.69) is 95.8 Å². The van der Waals surface area contributed by atoms with Crippen LogP contribution in [-0.4, -0.2) is 33.7 Å². The lowest BCUT2D eigenvalue weighted by Crippen LogP contribution is -2.52. The summed E-state index contributed by atoms with van der Waals surface area (Å²) in [6.07, 6.45) is 7.93. The molecule has 4 aromatic rings. The molecule has 6 N–H and O–H groups in total. The van der Waals surface area contributed by atoms with Crippen LogP contribution in [-0.2, 0) is 0 Å². The zero-order valence-electron chi connectivity index (χ0n) is 25.8. The molecule has 2 spiro atoms. The van der Waals surface area contributed by atoms with E-state index in [-0.39, 0.29) is 23.2 Å². The van der Waals surface area contributed by atoms with E-state index in [0.717, 1.165) is 82.2 Å². The van der Waals surface area contributed by atoms with Crippen LogP contribution in [0.5, 0.6) is 0 Å². The second-order valence-corrected chi connectivity index (χ2v) is 14.9. The fourth-order valence-corrected chi connectivity index (χ4v) is 9.40. The zero-order chi connectivity index (χ0) is 29.8. The van der Waals surface area contributed by atoms with E-state index in [1.54, 1.807) is 0 Å². The molecule has 5 aliphatic rings. The Bertz CT molecular complexity index is 1620. The third-order valence-electron chi connectivity index (χ3n) is 12.1. The molecule has 0 aromatic heterocycles. The van der Waals surface area contributed by atoms with Gasteiger partial charge in [-0.05, 0) is 109 Å². The highest BCUT2D eigenvalue weighted by atomic mass is 16.3. The summed E-state index contributed by atoms with van der Waals surface area (Å²) in [5, 5.41) is 43.7. The first-order chi connectivity index (χ1) is 21.3. The summed E-state index contributed by atoms with van der Waals surface area (Å²) in [5.74, 6) is 0.854. The van der Waals surface area contributed by atoms with E-state index < -0.39 is 12.2 Å². The number of anilines is 4. The molecule has 0 bridgehead atoms. The molecule has 9 rings (SSSR count). The minimum atomic E-state index is -0.675. The largest absolute Gasteiger partial charge is 0.392 e. The number of aliphatic hydroxyl groups excluding tert-OH is 2. The minimum absolute atomic E-state index is 0.0939. The van der Waals surface area contributed by atoms with Crippen LogP contribution in [0.4, 0.5) is 22.7 Å². The van der Waals surface area contributed by atoms with Crippen molar-refractivity contribution in [3.63, 3.8) is 0 Å². The molecule has 3 aliphatic carbocycles. The monoisotopic (exact) mass is 588 g/mol. The van der Waals surface area contributed by atoms with Gasteiger partial charge in [-0.1, -0.05) is 50.2 Å². The smallest absolute Gasteiger partial charge is 0.108 e. The molecular weight excluding hydrogens is 544 g/mol. The van der Waals surface area contributed by atoms with Gasteiger partial charge in [-0.3, -0.25) is 0 Å². The van der Waals surface area contributed by atoms with Crippen LogP contribution in [0.3, 0.4) is 0 Å². The third kappa shape index (κ3) is 3.86. The number of rotatable bonds is 2. The normalized spacial score (nSPS) is 35.5. The van der Waals surface area contributed by atoms with Crippen molar-refractivity contribution in [2.24, 2.45) is 11.8 Å². The van der Waals surface area contributed by atoms with Gasteiger partial charge in [0.25, 0.3) is 0 Å². The van der Waals surface area contributed by atoms with E-state index >= 15 is 0 Å². The van der Waals surface area contributed by atoms with Crippen molar-refractivity contribution in [1.29, 1.82) is 0 Å². The number of benzene rings is 4. The van der Waals surface area contributed by atoms with Crippen LogP contribution < -0.4 is 21.3 Å². The maximum absolute atomic E-state index is 11.8. The highest BCUT2D eigenvalue weighted by Crippen LogP contribution is 2.54. The number of nitrogens with one attached hydrogen (secondary N) is 4. The molecule has 2 heterocycles. The van der Waals surface area contributed by atoms with Gasteiger partial charge in [0.2, 0.25) is 0 Å². The third-order valence-corrected chi connectivity index (χ3v) is 12.1. The van der Waals surface area contributed by atoms with E-state index in [0.29, 0.717) is 0 Å². The second-order valence-electron chi connectivity index (χ2n) is 14.9. The van der Waals surface area contributed by atoms with Gasteiger partial charge < -0.3 is 31.5 Å². The number of hydrogen-bond acceptors (Lipinski definition) is 6. The Labute approximate surface area is 259 Å². The Morgan fingerprint density at radius 3 is 1.27 bits per heavy atom. The second kappa shape index (κ2) is 9.51. The molecule has 0 amide bonds. The highest BCUT2D eigenvalue weighted by Gasteiger charge is 2.52. The SMILES string of the molecule is CC1CCC2(CC1)Nc1cccc3c(C4C(O)C(c5ccc6c7c(cccc57)NC5(CCC(C)CC5)N6)C4O)ccc(c13)N2. The van der Waals surface area contributed by atoms with Gasteiger partial charge in [-0.25, -0.2) is 0 Å². The first-order valence-corrected chi connectivity index (χ1v) is 16.9. The molecular formula is C38H44N4O2. The molecule has 0 saturated heterocycles. The Kier molecular flexibility index (Phi) is 5.81. The van der Waals surface area contributed by atoms with Crippen molar-refractivity contribution in [1.82, 2.24) is 0 Å². The van der Waals surface area contributed by atoms with Gasteiger partial charge >= 0.3 is 0 Å². The van der Waals surface area contributed by atoms with E-state index in [1.807, 2.05) is 0 Å². The fourth-order valence-electron chi connectivity index (χ4n) is 9.40. The maximum Gasteiger partial charge on any atom is 0.108 e. The quantitative estimate of drug-likeness (QED) is 0.142. The lowest BCUT2D eigenvalue weighted by Gasteiger charge is -2.49.